The van der Waals surface area contributed by atoms with Crippen LogP contribution >= 0.6 is 0 Å². The molecule has 0 aliphatic heterocycles. The first kappa shape index (κ1) is 16.6. The number of aromatic nitrogens is 1. The van der Waals surface area contributed by atoms with Crippen molar-refractivity contribution in [3.63, 3.8) is 0 Å². The number of nitrogens with two attached hydrogens (primary N) is 1. The summed E-state index contributed by atoms with van der Waals surface area (Å²) in [5, 5.41) is 0.795. The molecule has 0 radical (unpaired) electrons. The fraction of sp³-hybridized carbons (Fsp3) is 0.158. The highest BCUT2D eigenvalue weighted by Gasteiger charge is 2.11. The first-order valence-electron chi connectivity index (χ1n) is 7.75. The van der Waals surface area contributed by atoms with Gasteiger partial charge in [-0.05, 0) is 29.8 Å². The van der Waals surface area contributed by atoms with Gasteiger partial charge in [0.15, 0.2) is 0 Å². The van der Waals surface area contributed by atoms with Crippen molar-refractivity contribution in [1.29, 1.82) is 0 Å². The van der Waals surface area contributed by atoms with E-state index in [2.05, 4.69) is 0 Å². The average Bonchev–Trinajstić information content (AvgIpc) is 2.62. The molecule has 0 spiro atoms. The zero-order valence-corrected chi connectivity index (χ0v) is 13.8. The number of hydrogen-bond donors (Lipinski definition) is 1. The largest absolute Gasteiger partial charge is 0.497 e. The lowest BCUT2D eigenvalue weighted by Gasteiger charge is -2.14. The molecule has 1 amide bonds. The fourth-order valence-corrected chi connectivity index (χ4v) is 2.68. The van der Waals surface area contributed by atoms with E-state index in [4.69, 9.17) is 15.2 Å². The molecule has 0 bridgehead atoms. The first-order valence-corrected chi connectivity index (χ1v) is 7.75. The van der Waals surface area contributed by atoms with Gasteiger partial charge < -0.3 is 15.2 Å². The number of benzene rings is 2. The molecule has 2 aromatic carbocycles. The van der Waals surface area contributed by atoms with Crippen LogP contribution in [-0.2, 0) is 17.9 Å². The van der Waals surface area contributed by atoms with Crippen LogP contribution < -0.4 is 20.8 Å². The normalized spacial score (nSPS) is 10.6. The number of para-hydroxylation sites is 1. The van der Waals surface area contributed by atoms with E-state index in [1.807, 2.05) is 36.4 Å². The van der Waals surface area contributed by atoms with Crippen molar-refractivity contribution < 1.29 is 14.3 Å². The minimum Gasteiger partial charge on any atom is -0.497 e. The topological polar surface area (TPSA) is 83.6 Å². The van der Waals surface area contributed by atoms with E-state index in [-0.39, 0.29) is 12.1 Å². The Kier molecular flexibility index (Phi) is 4.70. The molecule has 1 heterocycles. The number of nitrogens with zero attached hydrogens (tertiary/aromatic N) is 1. The number of fused-ring (bicyclic) bond motifs is 1. The van der Waals surface area contributed by atoms with Gasteiger partial charge in [-0.1, -0.05) is 24.3 Å². The van der Waals surface area contributed by atoms with E-state index in [0.29, 0.717) is 17.9 Å². The molecular formula is C19H18N2O4. The first-order chi connectivity index (χ1) is 12.1. The summed E-state index contributed by atoms with van der Waals surface area (Å²) in [7, 11) is 1.60. The number of carbonyl (C=O) groups excluding carboxylic acids is 1. The maximum atomic E-state index is 12.2. The van der Waals surface area contributed by atoms with Crippen molar-refractivity contribution in [3.05, 3.63) is 70.5 Å². The maximum Gasteiger partial charge on any atom is 0.251 e. The van der Waals surface area contributed by atoms with Crippen LogP contribution in [0.4, 0.5) is 0 Å². The van der Waals surface area contributed by atoms with Crippen LogP contribution in [0.5, 0.6) is 11.5 Å². The summed E-state index contributed by atoms with van der Waals surface area (Å²) < 4.78 is 12.4. The molecule has 0 saturated heterocycles. The molecule has 3 rings (SSSR count). The molecule has 3 aromatic rings. The van der Waals surface area contributed by atoms with Crippen molar-refractivity contribution in [1.82, 2.24) is 4.57 Å². The van der Waals surface area contributed by atoms with Crippen LogP contribution in [0.15, 0.2) is 59.4 Å². The quantitative estimate of drug-likeness (QED) is 0.746. The summed E-state index contributed by atoms with van der Waals surface area (Å²) in [6, 6.07) is 16.1. The van der Waals surface area contributed by atoms with Gasteiger partial charge in [-0.15, -0.1) is 0 Å². The fourth-order valence-electron chi connectivity index (χ4n) is 2.68. The second-order valence-electron chi connectivity index (χ2n) is 5.56. The third-order valence-electron chi connectivity index (χ3n) is 3.81. The Balaban J connectivity index is 1.99. The number of pyridine rings is 1. The molecule has 0 fully saturated rings. The summed E-state index contributed by atoms with van der Waals surface area (Å²) in [6.07, 6.45) is 0. The van der Waals surface area contributed by atoms with Crippen LogP contribution in [-0.4, -0.2) is 17.6 Å². The summed E-state index contributed by atoms with van der Waals surface area (Å²) >= 11 is 0. The number of hydrogen-bond acceptors (Lipinski definition) is 4. The Hall–Kier alpha value is -3.28. The third kappa shape index (κ3) is 3.63. The second kappa shape index (κ2) is 7.09. The number of carbonyl (C=O) groups is 1. The summed E-state index contributed by atoms with van der Waals surface area (Å²) in [5.41, 5.74) is 6.46. The van der Waals surface area contributed by atoms with E-state index in [0.717, 1.165) is 16.7 Å². The Morgan fingerprint density at radius 2 is 1.92 bits per heavy atom. The summed E-state index contributed by atoms with van der Waals surface area (Å²) in [6.45, 7) is 0.103. The highest BCUT2D eigenvalue weighted by Crippen LogP contribution is 2.25. The standard InChI is InChI=1S/C19H18N2O4/c1-24-15-6-2-4-13(10-15)12-25-16-7-3-5-14-8-9-18(23)21(19(14)16)11-17(20)22/h2-10H,11-12H2,1H3,(H2,20,22). The molecule has 128 valence electrons. The number of amides is 1. The molecular weight excluding hydrogens is 320 g/mol. The monoisotopic (exact) mass is 338 g/mol. The number of rotatable bonds is 6. The highest BCUT2D eigenvalue weighted by atomic mass is 16.5. The van der Waals surface area contributed by atoms with Gasteiger partial charge in [0.2, 0.25) is 5.91 Å². The van der Waals surface area contributed by atoms with Gasteiger partial charge in [-0.2, -0.15) is 0 Å². The third-order valence-corrected chi connectivity index (χ3v) is 3.81. The number of ether oxygens (including phenoxy) is 2. The van der Waals surface area contributed by atoms with Gasteiger partial charge in [0.1, 0.15) is 24.7 Å². The van der Waals surface area contributed by atoms with Crippen LogP contribution in [0.2, 0.25) is 0 Å². The lowest BCUT2D eigenvalue weighted by molar-refractivity contribution is -0.118. The second-order valence-corrected chi connectivity index (χ2v) is 5.56. The zero-order chi connectivity index (χ0) is 17.8. The van der Waals surface area contributed by atoms with E-state index < -0.39 is 5.91 Å². The van der Waals surface area contributed by atoms with Crippen LogP contribution in [0.3, 0.4) is 0 Å². The minimum absolute atomic E-state index is 0.199. The molecule has 0 saturated carbocycles. The van der Waals surface area contributed by atoms with Crippen LogP contribution in [0.1, 0.15) is 5.56 Å². The van der Waals surface area contributed by atoms with Gasteiger partial charge in [-0.25, -0.2) is 0 Å². The van der Waals surface area contributed by atoms with Gasteiger partial charge in [0, 0.05) is 11.5 Å². The predicted molar refractivity (Wildman–Crippen MR) is 94.7 cm³/mol. The highest BCUT2D eigenvalue weighted by molar-refractivity contribution is 5.86. The minimum atomic E-state index is -0.586. The van der Waals surface area contributed by atoms with Crippen molar-refractivity contribution in [2.75, 3.05) is 7.11 Å². The lowest BCUT2D eigenvalue weighted by Crippen LogP contribution is -2.27. The summed E-state index contributed by atoms with van der Waals surface area (Å²) in [5.74, 6) is 0.668. The van der Waals surface area contributed by atoms with Gasteiger partial charge in [0.25, 0.3) is 5.56 Å². The lowest BCUT2D eigenvalue weighted by atomic mass is 10.2. The average molecular weight is 338 g/mol. The molecule has 6 nitrogen and oxygen atoms in total. The molecule has 2 N–H and O–H groups in total. The molecule has 6 heteroatoms. The van der Waals surface area contributed by atoms with Gasteiger partial charge >= 0.3 is 0 Å². The van der Waals surface area contributed by atoms with E-state index in [1.54, 1.807) is 19.2 Å². The Labute approximate surface area is 144 Å². The van der Waals surface area contributed by atoms with E-state index in [1.165, 1.54) is 10.6 Å². The predicted octanol–water partition coefficient (Wildman–Crippen LogP) is 2.07. The van der Waals surface area contributed by atoms with Gasteiger partial charge in [-0.3, -0.25) is 14.2 Å². The van der Waals surface area contributed by atoms with Crippen LogP contribution in [0.25, 0.3) is 10.9 Å². The van der Waals surface area contributed by atoms with Gasteiger partial charge in [0.05, 0.1) is 12.6 Å². The summed E-state index contributed by atoms with van der Waals surface area (Å²) in [4.78, 5) is 23.5. The van der Waals surface area contributed by atoms with E-state index >= 15 is 0 Å². The zero-order valence-electron chi connectivity index (χ0n) is 13.8. The SMILES string of the molecule is COc1cccc(COc2cccc3ccc(=O)n(CC(N)=O)c23)c1. The molecule has 0 unspecified atom stereocenters. The molecule has 0 atom stereocenters. The Bertz CT molecular complexity index is 979. The van der Waals surface area contributed by atoms with Crippen LogP contribution in [0, 0.1) is 0 Å². The molecule has 25 heavy (non-hydrogen) atoms. The van der Waals surface area contributed by atoms with Crippen molar-refractivity contribution in [3.8, 4) is 11.5 Å². The van der Waals surface area contributed by atoms with Crippen molar-refractivity contribution in [2.24, 2.45) is 5.73 Å². The van der Waals surface area contributed by atoms with Crippen molar-refractivity contribution in [2.45, 2.75) is 13.2 Å². The molecule has 1 aromatic heterocycles. The Morgan fingerprint density at radius 3 is 2.68 bits per heavy atom. The molecule has 0 aliphatic rings. The Morgan fingerprint density at radius 1 is 1.12 bits per heavy atom. The van der Waals surface area contributed by atoms with Crippen molar-refractivity contribution >= 4 is 16.8 Å². The van der Waals surface area contributed by atoms with E-state index in [9.17, 15) is 9.59 Å². The smallest absolute Gasteiger partial charge is 0.251 e. The number of methoxy groups -OCH3 is 1. The molecule has 0 aliphatic carbocycles. The number of primary amides is 1. The maximum absolute atomic E-state index is 12.2.